The van der Waals surface area contributed by atoms with Crippen molar-refractivity contribution in [1.82, 2.24) is 0 Å². The Bertz CT molecular complexity index is 716. The van der Waals surface area contributed by atoms with Gasteiger partial charge in [0.05, 0.1) is 0 Å². The van der Waals surface area contributed by atoms with Crippen LogP contribution in [-0.2, 0) is 4.79 Å². The first-order valence-electron chi connectivity index (χ1n) is 6.75. The molecule has 2 aromatic carbocycles. The maximum Gasteiger partial charge on any atom is 0.339 e. The van der Waals surface area contributed by atoms with Crippen LogP contribution >= 0.6 is 0 Å². The molecule has 3 heteroatoms. The molecule has 0 radical (unpaired) electrons. The molecule has 1 atom stereocenters. The minimum Gasteiger partial charge on any atom is -0.423 e. The van der Waals surface area contributed by atoms with Gasteiger partial charge in [-0.2, -0.15) is 0 Å². The van der Waals surface area contributed by atoms with Gasteiger partial charge in [0.2, 0.25) is 0 Å². The Hall–Kier alpha value is -2.68. The minimum absolute atomic E-state index is 0.00810. The number of carbonyl (C=O) groups excluding carboxylic acids is 2. The Morgan fingerprint density at radius 1 is 1.05 bits per heavy atom. The largest absolute Gasteiger partial charge is 0.423 e. The molecule has 1 aliphatic rings. The molecule has 0 amide bonds. The Labute approximate surface area is 122 Å². The monoisotopic (exact) mass is 278 g/mol. The summed E-state index contributed by atoms with van der Waals surface area (Å²) in [6.45, 7) is 3.80. The van der Waals surface area contributed by atoms with Gasteiger partial charge in [-0.25, -0.2) is 4.79 Å². The molecule has 0 spiro atoms. The fourth-order valence-corrected chi connectivity index (χ4v) is 2.52. The van der Waals surface area contributed by atoms with E-state index in [0.29, 0.717) is 16.9 Å². The van der Waals surface area contributed by atoms with E-state index in [-0.39, 0.29) is 18.1 Å². The van der Waals surface area contributed by atoms with Gasteiger partial charge in [-0.1, -0.05) is 55.1 Å². The highest BCUT2D eigenvalue weighted by molar-refractivity contribution is 6.00. The molecule has 104 valence electrons. The van der Waals surface area contributed by atoms with Crippen molar-refractivity contribution in [3.63, 3.8) is 0 Å². The van der Waals surface area contributed by atoms with Gasteiger partial charge in [0, 0.05) is 29.0 Å². The van der Waals surface area contributed by atoms with Gasteiger partial charge in [-0.15, -0.1) is 0 Å². The van der Waals surface area contributed by atoms with Crippen molar-refractivity contribution in [2.75, 3.05) is 0 Å². The van der Waals surface area contributed by atoms with E-state index in [1.54, 1.807) is 24.3 Å². The summed E-state index contributed by atoms with van der Waals surface area (Å²) in [4.78, 5) is 24.2. The van der Waals surface area contributed by atoms with Crippen LogP contribution < -0.4 is 4.74 Å². The van der Waals surface area contributed by atoms with Crippen LogP contribution in [0, 0.1) is 0 Å². The van der Waals surface area contributed by atoms with Gasteiger partial charge < -0.3 is 4.74 Å². The fraction of sp³-hybridized carbons (Fsp3) is 0.111. The summed E-state index contributed by atoms with van der Waals surface area (Å²) >= 11 is 0. The molecule has 1 aliphatic heterocycles. The van der Waals surface area contributed by atoms with Gasteiger partial charge in [0.15, 0.2) is 5.78 Å². The van der Waals surface area contributed by atoms with Crippen molar-refractivity contribution in [1.29, 1.82) is 0 Å². The van der Waals surface area contributed by atoms with Gasteiger partial charge in [0.25, 0.3) is 0 Å². The third-order valence-electron chi connectivity index (χ3n) is 3.67. The van der Waals surface area contributed by atoms with Crippen molar-refractivity contribution in [2.45, 2.75) is 12.3 Å². The van der Waals surface area contributed by atoms with Crippen molar-refractivity contribution < 1.29 is 14.3 Å². The molecular weight excluding hydrogens is 264 g/mol. The van der Waals surface area contributed by atoms with E-state index in [2.05, 4.69) is 6.58 Å². The third-order valence-corrected chi connectivity index (χ3v) is 3.67. The normalized spacial score (nSPS) is 17.0. The quantitative estimate of drug-likeness (QED) is 0.373. The van der Waals surface area contributed by atoms with Crippen LogP contribution in [0.15, 0.2) is 66.7 Å². The van der Waals surface area contributed by atoms with Crippen molar-refractivity contribution >= 4 is 11.8 Å². The fourth-order valence-electron chi connectivity index (χ4n) is 2.52. The number of esters is 1. The first-order chi connectivity index (χ1) is 10.2. The second kappa shape index (κ2) is 5.37. The van der Waals surface area contributed by atoms with Gasteiger partial charge in [0.1, 0.15) is 5.75 Å². The molecule has 3 nitrogen and oxygen atoms in total. The maximum atomic E-state index is 12.4. The van der Waals surface area contributed by atoms with E-state index in [9.17, 15) is 9.59 Å². The van der Waals surface area contributed by atoms with Crippen LogP contribution in [0.3, 0.4) is 0 Å². The lowest BCUT2D eigenvalue weighted by molar-refractivity contribution is -0.131. The van der Waals surface area contributed by atoms with E-state index in [0.717, 1.165) is 5.56 Å². The second-order valence-corrected chi connectivity index (χ2v) is 5.00. The number of ketones is 1. The summed E-state index contributed by atoms with van der Waals surface area (Å²) in [5.41, 5.74) is 1.81. The number of ether oxygens (including phenoxy) is 1. The summed E-state index contributed by atoms with van der Waals surface area (Å²) in [6.07, 6.45) is 0.217. The predicted octanol–water partition coefficient (Wildman–Crippen LogP) is 3.52. The van der Waals surface area contributed by atoms with Crippen LogP contribution in [0.4, 0.5) is 0 Å². The predicted molar refractivity (Wildman–Crippen MR) is 79.3 cm³/mol. The Morgan fingerprint density at radius 2 is 1.71 bits per heavy atom. The summed E-state index contributed by atoms with van der Waals surface area (Å²) in [5, 5.41) is 0. The second-order valence-electron chi connectivity index (χ2n) is 5.00. The summed E-state index contributed by atoms with van der Waals surface area (Å²) < 4.78 is 5.21. The zero-order chi connectivity index (χ0) is 14.8. The zero-order valence-electron chi connectivity index (χ0n) is 11.4. The Morgan fingerprint density at radius 3 is 2.48 bits per heavy atom. The SMILES string of the molecule is C=C1C(=O)Oc2ccccc2C1CC(=O)c1ccccc1. The van der Waals surface area contributed by atoms with Gasteiger partial charge in [-0.05, 0) is 6.07 Å². The number of carbonyl (C=O) groups is 2. The molecule has 0 bridgehead atoms. The molecule has 0 aromatic heterocycles. The van der Waals surface area contributed by atoms with E-state index >= 15 is 0 Å². The Kier molecular flexibility index (Phi) is 3.40. The number of hydrogen-bond donors (Lipinski definition) is 0. The lowest BCUT2D eigenvalue weighted by atomic mass is 9.84. The molecule has 0 N–H and O–H groups in total. The molecule has 0 fully saturated rings. The zero-order valence-corrected chi connectivity index (χ0v) is 11.4. The summed E-state index contributed by atoms with van der Waals surface area (Å²) in [5.74, 6) is -0.276. The average molecular weight is 278 g/mol. The van der Waals surface area contributed by atoms with E-state index in [1.165, 1.54) is 0 Å². The topological polar surface area (TPSA) is 43.4 Å². The lowest BCUT2D eigenvalue weighted by Crippen LogP contribution is -2.24. The molecule has 3 rings (SSSR count). The minimum atomic E-state index is -0.459. The molecule has 1 heterocycles. The third kappa shape index (κ3) is 2.50. The number of Topliss-reactive ketones (excluding diaryl/α,β-unsaturated/α-hetero) is 1. The Balaban J connectivity index is 1.92. The molecule has 0 aliphatic carbocycles. The standard InChI is InChI=1S/C18H14O3/c1-12-15(11-16(19)13-7-3-2-4-8-13)14-9-5-6-10-17(14)21-18(12)20/h2-10,15H,1,11H2. The number of para-hydroxylation sites is 1. The van der Waals surface area contributed by atoms with Crippen LogP contribution in [-0.4, -0.2) is 11.8 Å². The molecule has 0 saturated heterocycles. The number of rotatable bonds is 3. The first-order valence-corrected chi connectivity index (χ1v) is 6.75. The van der Waals surface area contributed by atoms with Crippen molar-refractivity contribution in [2.24, 2.45) is 0 Å². The molecular formula is C18H14O3. The van der Waals surface area contributed by atoms with Crippen molar-refractivity contribution in [3.8, 4) is 5.75 Å². The van der Waals surface area contributed by atoms with Gasteiger partial charge in [-0.3, -0.25) is 4.79 Å². The number of fused-ring (bicyclic) bond motifs is 1. The highest BCUT2D eigenvalue weighted by Crippen LogP contribution is 2.39. The molecule has 0 saturated carbocycles. The molecule has 1 unspecified atom stereocenters. The highest BCUT2D eigenvalue weighted by atomic mass is 16.5. The van der Waals surface area contributed by atoms with Crippen molar-refractivity contribution in [3.05, 3.63) is 77.9 Å². The number of hydrogen-bond acceptors (Lipinski definition) is 3. The van der Waals surface area contributed by atoms with Crippen LogP contribution in [0.25, 0.3) is 0 Å². The van der Waals surface area contributed by atoms with Gasteiger partial charge >= 0.3 is 5.97 Å². The summed E-state index contributed by atoms with van der Waals surface area (Å²) in [6, 6.07) is 16.3. The molecule has 2 aromatic rings. The number of benzene rings is 2. The van der Waals surface area contributed by atoms with E-state index < -0.39 is 5.97 Å². The summed E-state index contributed by atoms with van der Waals surface area (Å²) in [7, 11) is 0. The maximum absolute atomic E-state index is 12.4. The smallest absolute Gasteiger partial charge is 0.339 e. The van der Waals surface area contributed by atoms with Crippen LogP contribution in [0.1, 0.15) is 28.3 Å². The van der Waals surface area contributed by atoms with E-state index in [1.807, 2.05) is 30.3 Å². The van der Waals surface area contributed by atoms with E-state index in [4.69, 9.17) is 4.74 Å². The molecule has 21 heavy (non-hydrogen) atoms. The first kappa shape index (κ1) is 13.3. The van der Waals surface area contributed by atoms with Crippen LogP contribution in [0.5, 0.6) is 5.75 Å². The highest BCUT2D eigenvalue weighted by Gasteiger charge is 2.32. The lowest BCUT2D eigenvalue weighted by Gasteiger charge is -2.25. The average Bonchev–Trinajstić information content (AvgIpc) is 2.52. The van der Waals surface area contributed by atoms with Crippen LogP contribution in [0.2, 0.25) is 0 Å².